The maximum Gasteiger partial charge on any atom is 0.172 e. The minimum absolute atomic E-state index is 0.000809. The van der Waals surface area contributed by atoms with Gasteiger partial charge >= 0.3 is 0 Å². The zero-order valence-corrected chi connectivity index (χ0v) is 20.9. The Hall–Kier alpha value is -0.940. The molecule has 0 aromatic heterocycles. The molecule has 1 aromatic carbocycles. The van der Waals surface area contributed by atoms with Crippen LogP contribution in [-0.2, 0) is 14.3 Å². The molecule has 0 amide bonds. The fourth-order valence-corrected chi connectivity index (χ4v) is 4.93. The third-order valence-corrected chi connectivity index (χ3v) is 6.58. The van der Waals surface area contributed by atoms with Crippen molar-refractivity contribution in [2.24, 2.45) is 5.41 Å². The molecule has 0 bridgehead atoms. The zero-order chi connectivity index (χ0) is 22.6. The largest absolute Gasteiger partial charge is 0.349 e. The van der Waals surface area contributed by atoms with Gasteiger partial charge in [0.05, 0.1) is 18.8 Å². The SMILES string of the molecule is CC.CCC1(CC)CC2(CC(C)(C)N1OC(C)c1ccccc1)OCC(C)(C)CO2. The van der Waals surface area contributed by atoms with Crippen molar-refractivity contribution in [3.63, 3.8) is 0 Å². The molecule has 1 spiro atoms. The minimum atomic E-state index is -0.513. The van der Waals surface area contributed by atoms with Crippen LogP contribution in [0.4, 0.5) is 0 Å². The summed E-state index contributed by atoms with van der Waals surface area (Å²) < 4.78 is 12.9. The first-order chi connectivity index (χ1) is 14.1. The molecule has 0 N–H and O–H groups in total. The molecule has 0 radical (unpaired) electrons. The first-order valence-electron chi connectivity index (χ1n) is 11.9. The lowest BCUT2D eigenvalue weighted by atomic mass is 9.72. The van der Waals surface area contributed by atoms with E-state index < -0.39 is 5.79 Å². The lowest BCUT2D eigenvalue weighted by Crippen LogP contribution is -2.69. The fourth-order valence-electron chi connectivity index (χ4n) is 4.93. The van der Waals surface area contributed by atoms with Crippen molar-refractivity contribution >= 4 is 0 Å². The maximum atomic E-state index is 6.69. The molecule has 2 saturated heterocycles. The third-order valence-electron chi connectivity index (χ3n) is 6.58. The predicted molar refractivity (Wildman–Crippen MR) is 124 cm³/mol. The quantitative estimate of drug-likeness (QED) is 0.519. The molecule has 2 heterocycles. The van der Waals surface area contributed by atoms with Crippen LogP contribution in [-0.4, -0.2) is 35.1 Å². The molecule has 3 rings (SSSR count). The zero-order valence-electron chi connectivity index (χ0n) is 20.9. The number of hydroxylamine groups is 2. The predicted octanol–water partition coefficient (Wildman–Crippen LogP) is 6.91. The summed E-state index contributed by atoms with van der Waals surface area (Å²) in [6.07, 6.45) is 3.63. The Bertz CT molecular complexity index is 642. The molecular weight excluding hydrogens is 374 g/mol. The van der Waals surface area contributed by atoms with Gasteiger partial charge in [-0.1, -0.05) is 71.9 Å². The van der Waals surface area contributed by atoms with Crippen LogP contribution in [0, 0.1) is 5.41 Å². The van der Waals surface area contributed by atoms with Gasteiger partial charge in [0, 0.05) is 23.8 Å². The molecule has 2 aliphatic rings. The van der Waals surface area contributed by atoms with Crippen LogP contribution in [0.25, 0.3) is 0 Å². The smallest absolute Gasteiger partial charge is 0.172 e. The summed E-state index contributed by atoms with van der Waals surface area (Å²) in [6.45, 7) is 21.1. The van der Waals surface area contributed by atoms with Gasteiger partial charge < -0.3 is 9.47 Å². The van der Waals surface area contributed by atoms with Gasteiger partial charge in [0.1, 0.15) is 6.10 Å². The summed E-state index contributed by atoms with van der Waals surface area (Å²) >= 11 is 0. The van der Waals surface area contributed by atoms with Crippen LogP contribution in [0.1, 0.15) is 99.7 Å². The van der Waals surface area contributed by atoms with E-state index in [2.05, 4.69) is 77.8 Å². The molecule has 1 atom stereocenters. The Morgan fingerprint density at radius 2 is 1.47 bits per heavy atom. The topological polar surface area (TPSA) is 30.9 Å². The van der Waals surface area contributed by atoms with Crippen molar-refractivity contribution in [3.05, 3.63) is 35.9 Å². The molecule has 2 fully saturated rings. The first kappa shape index (κ1) is 25.3. The van der Waals surface area contributed by atoms with Crippen molar-refractivity contribution in [2.45, 2.75) is 111 Å². The standard InChI is InChI=1S/C24H39NO3.C2H6/c1-8-23(9-2)16-24(26-17-21(4,5)18-27-24)15-22(6,7)25(23)28-19(3)20-13-11-10-12-14-20;1-2/h10-14,19H,8-9,15-18H2,1-7H3;1-2H3. The van der Waals surface area contributed by atoms with Crippen molar-refractivity contribution < 1.29 is 14.3 Å². The molecule has 1 unspecified atom stereocenters. The van der Waals surface area contributed by atoms with E-state index in [0.717, 1.165) is 38.9 Å². The number of piperidine rings is 1. The highest BCUT2D eigenvalue weighted by molar-refractivity contribution is 5.17. The molecule has 0 aliphatic carbocycles. The second kappa shape index (κ2) is 9.68. The van der Waals surface area contributed by atoms with Crippen LogP contribution >= 0.6 is 0 Å². The second-order valence-electron chi connectivity index (χ2n) is 10.2. The summed E-state index contributed by atoms with van der Waals surface area (Å²) in [7, 11) is 0. The van der Waals surface area contributed by atoms with Gasteiger partial charge in [-0.2, -0.15) is 5.06 Å². The Labute approximate surface area is 185 Å². The maximum absolute atomic E-state index is 6.69. The Morgan fingerprint density at radius 3 is 1.97 bits per heavy atom. The average Bonchev–Trinajstić information content (AvgIpc) is 2.74. The van der Waals surface area contributed by atoms with Crippen LogP contribution in [0.3, 0.4) is 0 Å². The van der Waals surface area contributed by atoms with Crippen molar-refractivity contribution in [3.8, 4) is 0 Å². The molecule has 0 saturated carbocycles. The summed E-state index contributed by atoms with van der Waals surface area (Å²) in [6, 6.07) is 10.5. The molecule has 2 aliphatic heterocycles. The van der Waals surface area contributed by atoms with E-state index in [4.69, 9.17) is 14.3 Å². The van der Waals surface area contributed by atoms with Gasteiger partial charge in [-0.3, -0.25) is 4.84 Å². The Kier molecular flexibility index (Phi) is 8.17. The summed E-state index contributed by atoms with van der Waals surface area (Å²) in [5, 5.41) is 2.29. The van der Waals surface area contributed by atoms with Crippen molar-refractivity contribution in [1.82, 2.24) is 5.06 Å². The van der Waals surface area contributed by atoms with Crippen LogP contribution in [0.5, 0.6) is 0 Å². The Balaban J connectivity index is 0.00000155. The number of hydrogen-bond donors (Lipinski definition) is 0. The van der Waals surface area contributed by atoms with E-state index in [1.165, 1.54) is 5.56 Å². The molecule has 1 aromatic rings. The summed E-state index contributed by atoms with van der Waals surface area (Å²) in [5.74, 6) is -0.513. The minimum Gasteiger partial charge on any atom is -0.349 e. The molecule has 4 nitrogen and oxygen atoms in total. The molecule has 30 heavy (non-hydrogen) atoms. The lowest BCUT2D eigenvalue weighted by molar-refractivity contribution is -0.393. The second-order valence-corrected chi connectivity index (χ2v) is 10.2. The summed E-state index contributed by atoms with van der Waals surface area (Å²) in [4.78, 5) is 6.69. The monoisotopic (exact) mass is 419 g/mol. The lowest BCUT2D eigenvalue weighted by Gasteiger charge is -2.61. The van der Waals surface area contributed by atoms with Gasteiger partial charge in [0.25, 0.3) is 0 Å². The first-order valence-corrected chi connectivity index (χ1v) is 11.9. The van der Waals surface area contributed by atoms with E-state index >= 15 is 0 Å². The number of nitrogens with zero attached hydrogens (tertiary/aromatic N) is 1. The van der Waals surface area contributed by atoms with Crippen LogP contribution in [0.15, 0.2) is 30.3 Å². The number of ether oxygens (including phenoxy) is 2. The summed E-state index contributed by atoms with van der Waals surface area (Å²) in [5.41, 5.74) is 0.958. The van der Waals surface area contributed by atoms with Crippen LogP contribution in [0.2, 0.25) is 0 Å². The van der Waals surface area contributed by atoms with E-state index in [9.17, 15) is 0 Å². The molecular formula is C26H45NO3. The highest BCUT2D eigenvalue weighted by Crippen LogP contribution is 2.51. The van der Waals surface area contributed by atoms with E-state index in [-0.39, 0.29) is 22.6 Å². The van der Waals surface area contributed by atoms with Gasteiger partial charge in [-0.05, 0) is 39.2 Å². The highest BCUT2D eigenvalue weighted by Gasteiger charge is 2.59. The number of hydrogen-bond acceptors (Lipinski definition) is 4. The van der Waals surface area contributed by atoms with E-state index in [1.54, 1.807) is 0 Å². The highest BCUT2D eigenvalue weighted by atomic mass is 16.7. The van der Waals surface area contributed by atoms with Gasteiger partial charge in [-0.25, -0.2) is 0 Å². The molecule has 172 valence electrons. The molecule has 4 heteroatoms. The van der Waals surface area contributed by atoms with Gasteiger partial charge in [0.2, 0.25) is 0 Å². The van der Waals surface area contributed by atoms with E-state index in [0.29, 0.717) is 0 Å². The van der Waals surface area contributed by atoms with Crippen molar-refractivity contribution in [1.29, 1.82) is 0 Å². The van der Waals surface area contributed by atoms with Gasteiger partial charge in [0.15, 0.2) is 5.79 Å². The number of benzene rings is 1. The number of rotatable bonds is 5. The van der Waals surface area contributed by atoms with E-state index in [1.807, 2.05) is 19.9 Å². The third kappa shape index (κ3) is 5.27. The fraction of sp³-hybridized carbons (Fsp3) is 0.769. The Morgan fingerprint density at radius 1 is 0.933 bits per heavy atom. The van der Waals surface area contributed by atoms with Crippen LogP contribution < -0.4 is 0 Å². The normalized spacial score (nSPS) is 25.2. The average molecular weight is 420 g/mol. The van der Waals surface area contributed by atoms with Gasteiger partial charge in [-0.15, -0.1) is 0 Å². The van der Waals surface area contributed by atoms with Crippen molar-refractivity contribution in [2.75, 3.05) is 13.2 Å².